The number of benzene rings is 1. The zero-order chi connectivity index (χ0) is 15.0. The molecule has 0 amide bonds. The van der Waals surface area contributed by atoms with Gasteiger partial charge in [0.15, 0.2) is 0 Å². The van der Waals surface area contributed by atoms with Crippen LogP contribution in [0.2, 0.25) is 0 Å². The predicted octanol–water partition coefficient (Wildman–Crippen LogP) is 4.58. The van der Waals surface area contributed by atoms with Gasteiger partial charge in [0.05, 0.1) is 11.1 Å². The highest BCUT2D eigenvalue weighted by Gasteiger charge is 2.35. The molecule has 0 atom stereocenters. The van der Waals surface area contributed by atoms with Crippen LogP contribution >= 0.6 is 0 Å². The summed E-state index contributed by atoms with van der Waals surface area (Å²) in [5, 5.41) is 12.2. The number of nitrogens with zero attached hydrogens (tertiary/aromatic N) is 1. The van der Waals surface area contributed by atoms with Crippen molar-refractivity contribution in [2.24, 2.45) is 11.8 Å². The number of aliphatic hydroxyl groups is 1. The summed E-state index contributed by atoms with van der Waals surface area (Å²) < 4.78 is 0. The van der Waals surface area contributed by atoms with Crippen molar-refractivity contribution in [1.82, 2.24) is 4.98 Å². The molecular weight excluding hydrogens is 258 g/mol. The zero-order valence-electron chi connectivity index (χ0n) is 13.3. The van der Waals surface area contributed by atoms with Gasteiger partial charge in [-0.3, -0.25) is 4.98 Å². The first kappa shape index (κ1) is 14.5. The van der Waals surface area contributed by atoms with Gasteiger partial charge in [-0.1, -0.05) is 26.0 Å². The molecule has 0 saturated heterocycles. The minimum absolute atomic E-state index is 0.648. The average Bonchev–Trinajstić information content (AvgIpc) is 2.47. The van der Waals surface area contributed by atoms with Crippen LogP contribution < -0.4 is 0 Å². The number of rotatable bonds is 2. The molecule has 2 heteroatoms. The van der Waals surface area contributed by atoms with Gasteiger partial charge in [0.2, 0.25) is 0 Å². The number of fused-ring (bicyclic) bond motifs is 1. The molecule has 112 valence electrons. The summed E-state index contributed by atoms with van der Waals surface area (Å²) in [7, 11) is 0. The van der Waals surface area contributed by atoms with E-state index in [1.807, 2.05) is 19.1 Å². The SMILES string of the molecule is Cc1ccc2cc(C3(O)CCC(C(C)C)CC3)ccc2n1. The Morgan fingerprint density at radius 2 is 1.86 bits per heavy atom. The van der Waals surface area contributed by atoms with Gasteiger partial charge in [0.25, 0.3) is 0 Å². The van der Waals surface area contributed by atoms with E-state index in [1.54, 1.807) is 0 Å². The molecule has 1 fully saturated rings. The Labute approximate surface area is 127 Å². The van der Waals surface area contributed by atoms with Gasteiger partial charge >= 0.3 is 0 Å². The van der Waals surface area contributed by atoms with Crippen molar-refractivity contribution in [3.8, 4) is 0 Å². The minimum atomic E-state index is -0.648. The lowest BCUT2D eigenvalue weighted by Gasteiger charge is -2.38. The molecule has 0 bridgehead atoms. The molecular formula is C19H25NO. The molecule has 1 saturated carbocycles. The smallest absolute Gasteiger partial charge is 0.0897 e. The van der Waals surface area contributed by atoms with Crippen LogP contribution in [0.15, 0.2) is 30.3 Å². The molecule has 3 rings (SSSR count). The van der Waals surface area contributed by atoms with Gasteiger partial charge in [0, 0.05) is 11.1 Å². The van der Waals surface area contributed by atoms with E-state index in [0.29, 0.717) is 0 Å². The molecule has 1 aliphatic carbocycles. The fraction of sp³-hybridized carbons (Fsp3) is 0.526. The third kappa shape index (κ3) is 2.82. The van der Waals surface area contributed by atoms with Crippen molar-refractivity contribution in [2.45, 2.75) is 52.1 Å². The van der Waals surface area contributed by atoms with Crippen molar-refractivity contribution in [3.63, 3.8) is 0 Å². The molecule has 2 aromatic rings. The average molecular weight is 283 g/mol. The van der Waals surface area contributed by atoms with E-state index in [1.165, 1.54) is 0 Å². The fourth-order valence-electron chi connectivity index (χ4n) is 3.59. The van der Waals surface area contributed by atoms with Crippen molar-refractivity contribution in [1.29, 1.82) is 0 Å². The highest BCUT2D eigenvalue weighted by atomic mass is 16.3. The maximum atomic E-state index is 11.0. The molecule has 0 aliphatic heterocycles. The fourth-order valence-corrected chi connectivity index (χ4v) is 3.59. The molecule has 0 radical (unpaired) electrons. The Bertz CT molecular complexity index is 639. The van der Waals surface area contributed by atoms with Gasteiger partial charge in [-0.2, -0.15) is 0 Å². The predicted molar refractivity (Wildman–Crippen MR) is 87.2 cm³/mol. The Hall–Kier alpha value is -1.41. The maximum Gasteiger partial charge on any atom is 0.0897 e. The first-order valence-electron chi connectivity index (χ1n) is 8.08. The first-order valence-corrected chi connectivity index (χ1v) is 8.08. The second-order valence-electron chi connectivity index (χ2n) is 6.97. The Balaban J connectivity index is 1.88. The third-order valence-corrected chi connectivity index (χ3v) is 5.17. The van der Waals surface area contributed by atoms with Gasteiger partial charge < -0.3 is 5.11 Å². The molecule has 1 N–H and O–H groups in total. The van der Waals surface area contributed by atoms with E-state index in [2.05, 4.69) is 37.0 Å². The summed E-state index contributed by atoms with van der Waals surface area (Å²) in [6.07, 6.45) is 4.00. The van der Waals surface area contributed by atoms with Gasteiger partial charge in [-0.25, -0.2) is 0 Å². The topological polar surface area (TPSA) is 33.1 Å². The van der Waals surface area contributed by atoms with E-state index in [0.717, 1.165) is 59.7 Å². The Kier molecular flexibility index (Phi) is 3.75. The van der Waals surface area contributed by atoms with Crippen molar-refractivity contribution >= 4 is 10.9 Å². The summed E-state index contributed by atoms with van der Waals surface area (Å²) in [4.78, 5) is 4.54. The van der Waals surface area contributed by atoms with E-state index in [-0.39, 0.29) is 0 Å². The van der Waals surface area contributed by atoms with Crippen LogP contribution in [0.25, 0.3) is 10.9 Å². The lowest BCUT2D eigenvalue weighted by Crippen LogP contribution is -2.32. The van der Waals surface area contributed by atoms with Crippen LogP contribution in [0.1, 0.15) is 50.8 Å². The molecule has 1 heterocycles. The zero-order valence-corrected chi connectivity index (χ0v) is 13.3. The van der Waals surface area contributed by atoms with E-state index in [9.17, 15) is 5.11 Å². The van der Waals surface area contributed by atoms with Crippen LogP contribution in [0, 0.1) is 18.8 Å². The van der Waals surface area contributed by atoms with Gasteiger partial charge in [-0.15, -0.1) is 0 Å². The summed E-state index contributed by atoms with van der Waals surface area (Å²) in [6, 6.07) is 10.4. The second-order valence-corrected chi connectivity index (χ2v) is 6.97. The molecule has 1 aromatic heterocycles. The molecule has 2 nitrogen and oxygen atoms in total. The Morgan fingerprint density at radius 3 is 2.52 bits per heavy atom. The monoisotopic (exact) mass is 283 g/mol. The standard InChI is InChI=1S/C19H25NO/c1-13(2)15-8-10-19(21,11-9-15)17-6-7-18-16(12-17)5-4-14(3)20-18/h4-7,12-13,15,21H,8-11H2,1-3H3. The van der Waals surface area contributed by atoms with E-state index >= 15 is 0 Å². The van der Waals surface area contributed by atoms with Crippen molar-refractivity contribution < 1.29 is 5.11 Å². The molecule has 21 heavy (non-hydrogen) atoms. The van der Waals surface area contributed by atoms with Crippen LogP contribution in [0.5, 0.6) is 0 Å². The molecule has 0 unspecified atom stereocenters. The lowest BCUT2D eigenvalue weighted by molar-refractivity contribution is -0.0198. The van der Waals surface area contributed by atoms with Gasteiger partial charge in [-0.05, 0) is 68.2 Å². The third-order valence-electron chi connectivity index (χ3n) is 5.17. The van der Waals surface area contributed by atoms with E-state index in [4.69, 9.17) is 0 Å². The summed E-state index contributed by atoms with van der Waals surface area (Å²) in [5.74, 6) is 1.48. The Morgan fingerprint density at radius 1 is 1.14 bits per heavy atom. The second kappa shape index (κ2) is 5.42. The van der Waals surface area contributed by atoms with Crippen LogP contribution in [-0.2, 0) is 5.60 Å². The number of hydrogen-bond donors (Lipinski definition) is 1. The van der Waals surface area contributed by atoms with E-state index < -0.39 is 5.60 Å². The largest absolute Gasteiger partial charge is 0.385 e. The first-order chi connectivity index (χ1) is 9.98. The summed E-state index contributed by atoms with van der Waals surface area (Å²) >= 11 is 0. The molecule has 0 spiro atoms. The number of hydrogen-bond acceptors (Lipinski definition) is 2. The van der Waals surface area contributed by atoms with Crippen molar-refractivity contribution in [2.75, 3.05) is 0 Å². The minimum Gasteiger partial charge on any atom is -0.385 e. The normalized spacial score (nSPS) is 26.4. The van der Waals surface area contributed by atoms with Crippen LogP contribution in [0.4, 0.5) is 0 Å². The van der Waals surface area contributed by atoms with Gasteiger partial charge in [0.1, 0.15) is 0 Å². The van der Waals surface area contributed by atoms with Crippen LogP contribution in [0.3, 0.4) is 0 Å². The number of aromatic nitrogens is 1. The lowest BCUT2D eigenvalue weighted by atomic mass is 9.72. The molecule has 1 aromatic carbocycles. The quantitative estimate of drug-likeness (QED) is 0.875. The van der Waals surface area contributed by atoms with Crippen molar-refractivity contribution in [3.05, 3.63) is 41.6 Å². The summed E-state index contributed by atoms with van der Waals surface area (Å²) in [5.41, 5.74) is 2.46. The summed E-state index contributed by atoms with van der Waals surface area (Å²) in [6.45, 7) is 6.59. The maximum absolute atomic E-state index is 11.0. The highest BCUT2D eigenvalue weighted by Crippen LogP contribution is 2.42. The van der Waals surface area contributed by atoms with Crippen LogP contribution in [-0.4, -0.2) is 10.1 Å². The highest BCUT2D eigenvalue weighted by molar-refractivity contribution is 5.79. The number of pyridine rings is 1. The number of aryl methyl sites for hydroxylation is 1. The molecule has 1 aliphatic rings.